The van der Waals surface area contributed by atoms with Crippen LogP contribution in [0.1, 0.15) is 16.8 Å². The topological polar surface area (TPSA) is 79.4 Å². The fraction of sp³-hybridized carbons (Fsp3) is 0.190. The molecule has 2 aromatic carbocycles. The van der Waals surface area contributed by atoms with Gasteiger partial charge in [-0.15, -0.1) is 5.10 Å². The Labute approximate surface area is 161 Å². The van der Waals surface area contributed by atoms with Gasteiger partial charge in [-0.1, -0.05) is 16.8 Å². The number of methoxy groups -OCH3 is 1. The van der Waals surface area contributed by atoms with E-state index in [-0.39, 0.29) is 5.63 Å². The molecule has 0 saturated heterocycles. The molecule has 7 nitrogen and oxygen atoms in total. The first-order chi connectivity index (χ1) is 13.6. The smallest absolute Gasteiger partial charge is 0.336 e. The zero-order valence-corrected chi connectivity index (χ0v) is 15.6. The van der Waals surface area contributed by atoms with Crippen molar-refractivity contribution in [2.45, 2.75) is 20.1 Å². The Morgan fingerprint density at radius 3 is 2.64 bits per heavy atom. The van der Waals surface area contributed by atoms with E-state index in [1.165, 1.54) is 6.07 Å². The lowest BCUT2D eigenvalue weighted by Crippen LogP contribution is -2.06. The molecule has 4 aromatic rings. The second kappa shape index (κ2) is 7.56. The Kier molecular flexibility index (Phi) is 4.80. The Morgan fingerprint density at radius 1 is 1.07 bits per heavy atom. The normalized spacial score (nSPS) is 10.9. The van der Waals surface area contributed by atoms with E-state index in [0.29, 0.717) is 24.4 Å². The highest BCUT2D eigenvalue weighted by Crippen LogP contribution is 2.20. The molecule has 0 saturated carbocycles. The van der Waals surface area contributed by atoms with Gasteiger partial charge < -0.3 is 13.9 Å². The fourth-order valence-electron chi connectivity index (χ4n) is 2.96. The van der Waals surface area contributed by atoms with Crippen molar-refractivity contribution in [1.29, 1.82) is 0 Å². The van der Waals surface area contributed by atoms with Crippen molar-refractivity contribution in [3.8, 4) is 11.5 Å². The monoisotopic (exact) mass is 377 g/mol. The summed E-state index contributed by atoms with van der Waals surface area (Å²) in [6.07, 6.45) is 1.81. The number of hydrogen-bond donors (Lipinski definition) is 0. The lowest BCUT2D eigenvalue weighted by Gasteiger charge is -2.06. The van der Waals surface area contributed by atoms with E-state index in [9.17, 15) is 4.79 Å². The van der Waals surface area contributed by atoms with Crippen LogP contribution in [0, 0.1) is 6.92 Å². The average molecular weight is 377 g/mol. The van der Waals surface area contributed by atoms with E-state index in [4.69, 9.17) is 13.9 Å². The molecule has 0 aliphatic carbocycles. The molecule has 0 fully saturated rings. The van der Waals surface area contributed by atoms with Crippen LogP contribution >= 0.6 is 0 Å². The van der Waals surface area contributed by atoms with Crippen molar-refractivity contribution >= 4 is 11.0 Å². The van der Waals surface area contributed by atoms with Gasteiger partial charge >= 0.3 is 5.63 Å². The van der Waals surface area contributed by atoms with Gasteiger partial charge in [-0.05, 0) is 48.9 Å². The highest BCUT2D eigenvalue weighted by atomic mass is 16.5. The van der Waals surface area contributed by atoms with Crippen LogP contribution in [-0.4, -0.2) is 22.1 Å². The molecular formula is C21H19N3O4. The fourth-order valence-corrected chi connectivity index (χ4v) is 2.96. The first-order valence-corrected chi connectivity index (χ1v) is 8.80. The van der Waals surface area contributed by atoms with Gasteiger partial charge in [0, 0.05) is 11.5 Å². The van der Waals surface area contributed by atoms with Gasteiger partial charge in [0.15, 0.2) is 0 Å². The number of aromatic nitrogens is 3. The van der Waals surface area contributed by atoms with Crippen molar-refractivity contribution < 1.29 is 13.9 Å². The summed E-state index contributed by atoms with van der Waals surface area (Å²) in [6.45, 7) is 2.71. The van der Waals surface area contributed by atoms with E-state index in [2.05, 4.69) is 10.3 Å². The molecule has 0 bridgehead atoms. The highest BCUT2D eigenvalue weighted by Gasteiger charge is 2.09. The highest BCUT2D eigenvalue weighted by molar-refractivity contribution is 5.80. The lowest BCUT2D eigenvalue weighted by atomic mass is 10.1. The summed E-state index contributed by atoms with van der Waals surface area (Å²) in [4.78, 5) is 11.8. The van der Waals surface area contributed by atoms with Gasteiger partial charge in [-0.3, -0.25) is 0 Å². The number of nitrogens with zero attached hydrogens (tertiary/aromatic N) is 3. The minimum absolute atomic E-state index is 0.295. The zero-order chi connectivity index (χ0) is 19.5. The lowest BCUT2D eigenvalue weighted by molar-refractivity contribution is 0.300. The van der Waals surface area contributed by atoms with Crippen molar-refractivity contribution in [3.05, 3.63) is 82.0 Å². The van der Waals surface area contributed by atoms with Gasteiger partial charge in [-0.2, -0.15) is 0 Å². The maximum Gasteiger partial charge on any atom is 0.336 e. The van der Waals surface area contributed by atoms with Gasteiger partial charge in [0.2, 0.25) is 0 Å². The quantitative estimate of drug-likeness (QED) is 0.480. The molecule has 0 amide bonds. The van der Waals surface area contributed by atoms with Crippen LogP contribution in [0.2, 0.25) is 0 Å². The molecule has 0 N–H and O–H groups in total. The van der Waals surface area contributed by atoms with Crippen LogP contribution in [0.15, 0.2) is 63.9 Å². The molecule has 0 radical (unpaired) electrons. The van der Waals surface area contributed by atoms with Gasteiger partial charge in [0.05, 0.1) is 19.9 Å². The first-order valence-electron chi connectivity index (χ1n) is 8.80. The number of aryl methyl sites for hydroxylation is 1. The molecule has 0 atom stereocenters. The van der Waals surface area contributed by atoms with Crippen LogP contribution in [0.5, 0.6) is 11.5 Å². The Morgan fingerprint density at radius 2 is 1.86 bits per heavy atom. The summed E-state index contributed by atoms with van der Waals surface area (Å²) in [5.74, 6) is 1.49. The maximum absolute atomic E-state index is 11.8. The third-order valence-electron chi connectivity index (χ3n) is 4.35. The zero-order valence-electron chi connectivity index (χ0n) is 15.6. The van der Waals surface area contributed by atoms with Crippen molar-refractivity contribution in [1.82, 2.24) is 15.0 Å². The molecule has 0 aliphatic heterocycles. The molecule has 0 aliphatic rings. The van der Waals surface area contributed by atoms with E-state index in [1.54, 1.807) is 18.0 Å². The summed E-state index contributed by atoms with van der Waals surface area (Å²) in [5.41, 5.74) is 2.81. The number of rotatable bonds is 6. The van der Waals surface area contributed by atoms with Gasteiger partial charge in [0.1, 0.15) is 29.4 Å². The predicted molar refractivity (Wildman–Crippen MR) is 104 cm³/mol. The van der Waals surface area contributed by atoms with Crippen LogP contribution in [0.3, 0.4) is 0 Å². The number of benzene rings is 2. The molecule has 7 heteroatoms. The number of hydrogen-bond acceptors (Lipinski definition) is 6. The Hall–Kier alpha value is -3.61. The summed E-state index contributed by atoms with van der Waals surface area (Å²) >= 11 is 0. The molecule has 0 spiro atoms. The van der Waals surface area contributed by atoms with E-state index in [0.717, 1.165) is 28.0 Å². The van der Waals surface area contributed by atoms with Crippen LogP contribution in [0.4, 0.5) is 0 Å². The standard InChI is InChI=1S/C21H19N3O4/c1-14-3-8-20-19(9-14)15(10-21(25)28-20)11-24-12-16(22-23-24)13-27-18-6-4-17(26-2)5-7-18/h3-10,12H,11,13H2,1-2H3. The largest absolute Gasteiger partial charge is 0.497 e. The van der Waals surface area contributed by atoms with E-state index in [1.807, 2.05) is 49.4 Å². The molecule has 0 unspecified atom stereocenters. The second-order valence-electron chi connectivity index (χ2n) is 6.46. The van der Waals surface area contributed by atoms with E-state index >= 15 is 0 Å². The first kappa shape index (κ1) is 17.8. The second-order valence-corrected chi connectivity index (χ2v) is 6.46. The molecule has 2 heterocycles. The Balaban J connectivity index is 1.49. The molecule has 4 rings (SSSR count). The van der Waals surface area contributed by atoms with Crippen LogP contribution < -0.4 is 15.1 Å². The number of ether oxygens (including phenoxy) is 2. The minimum Gasteiger partial charge on any atom is -0.497 e. The van der Waals surface area contributed by atoms with Crippen molar-refractivity contribution in [3.63, 3.8) is 0 Å². The van der Waals surface area contributed by atoms with Gasteiger partial charge in [-0.25, -0.2) is 9.48 Å². The molecular weight excluding hydrogens is 358 g/mol. The molecule has 142 valence electrons. The SMILES string of the molecule is COc1ccc(OCc2cn(Cc3cc(=O)oc4ccc(C)cc34)nn2)cc1. The third-order valence-corrected chi connectivity index (χ3v) is 4.35. The average Bonchev–Trinajstić information content (AvgIpc) is 3.14. The Bertz CT molecular complexity index is 1160. The van der Waals surface area contributed by atoms with E-state index < -0.39 is 0 Å². The summed E-state index contributed by atoms with van der Waals surface area (Å²) in [6, 6.07) is 14.6. The summed E-state index contributed by atoms with van der Waals surface area (Å²) in [5, 5.41) is 9.18. The predicted octanol–water partition coefficient (Wildman–Crippen LogP) is 3.33. The third kappa shape index (κ3) is 3.88. The van der Waals surface area contributed by atoms with Crippen molar-refractivity contribution in [2.75, 3.05) is 7.11 Å². The van der Waals surface area contributed by atoms with Crippen molar-refractivity contribution in [2.24, 2.45) is 0 Å². The molecule has 2 aromatic heterocycles. The molecule has 28 heavy (non-hydrogen) atoms. The number of fused-ring (bicyclic) bond motifs is 1. The summed E-state index contributed by atoms with van der Waals surface area (Å²) in [7, 11) is 1.62. The van der Waals surface area contributed by atoms with Gasteiger partial charge in [0.25, 0.3) is 0 Å². The maximum atomic E-state index is 11.8. The van der Waals surface area contributed by atoms with Crippen LogP contribution in [0.25, 0.3) is 11.0 Å². The van der Waals surface area contributed by atoms with Crippen LogP contribution in [-0.2, 0) is 13.2 Å². The summed E-state index contributed by atoms with van der Waals surface area (Å²) < 4.78 is 17.8. The minimum atomic E-state index is -0.380.